The first-order chi connectivity index (χ1) is 10.6. The predicted octanol–water partition coefficient (Wildman–Crippen LogP) is 2.77. The van der Waals surface area contributed by atoms with Crippen LogP contribution in [0, 0.1) is 5.92 Å². The fourth-order valence-electron chi connectivity index (χ4n) is 3.02. The Morgan fingerprint density at radius 3 is 2.00 bits per heavy atom. The average molecular weight is 313 g/mol. The van der Waals surface area contributed by atoms with Crippen LogP contribution in [0.15, 0.2) is 0 Å². The standard InChI is InChI=1S/C17H31NO4/c1-4-7-8-9-14-10-12-18(13-11-14)15(16(19)21-5-2)17(20)22-6-3/h14-15H,4-13H2,1-3H3. The molecule has 0 aliphatic carbocycles. The van der Waals surface area contributed by atoms with Crippen LogP contribution in [-0.2, 0) is 19.1 Å². The van der Waals surface area contributed by atoms with Crippen LogP contribution in [0.1, 0.15) is 59.3 Å². The van der Waals surface area contributed by atoms with Crippen LogP contribution in [0.3, 0.4) is 0 Å². The molecule has 5 heteroatoms. The number of carbonyl (C=O) groups excluding carboxylic acids is 2. The molecular weight excluding hydrogens is 282 g/mol. The lowest BCUT2D eigenvalue weighted by Gasteiger charge is -2.35. The minimum Gasteiger partial charge on any atom is -0.464 e. The van der Waals surface area contributed by atoms with Gasteiger partial charge in [0.1, 0.15) is 0 Å². The van der Waals surface area contributed by atoms with Crippen molar-refractivity contribution >= 4 is 11.9 Å². The number of likely N-dealkylation sites (tertiary alicyclic amines) is 1. The predicted molar refractivity (Wildman–Crippen MR) is 85.5 cm³/mol. The SMILES string of the molecule is CCCCCC1CCN(C(C(=O)OCC)C(=O)OCC)CC1. The molecule has 0 aromatic heterocycles. The van der Waals surface area contributed by atoms with Crippen LogP contribution in [0.4, 0.5) is 0 Å². The van der Waals surface area contributed by atoms with Crippen LogP contribution in [0.25, 0.3) is 0 Å². The second kappa shape index (κ2) is 10.6. The normalized spacial score (nSPS) is 16.7. The van der Waals surface area contributed by atoms with E-state index in [4.69, 9.17) is 9.47 Å². The van der Waals surface area contributed by atoms with Crippen molar-refractivity contribution in [2.24, 2.45) is 5.92 Å². The summed E-state index contributed by atoms with van der Waals surface area (Å²) in [5.74, 6) is -0.247. The molecule has 0 saturated carbocycles. The lowest BCUT2D eigenvalue weighted by Crippen LogP contribution is -2.51. The third-order valence-electron chi connectivity index (χ3n) is 4.25. The number of hydrogen-bond donors (Lipinski definition) is 0. The Morgan fingerprint density at radius 1 is 1.00 bits per heavy atom. The molecule has 0 spiro atoms. The number of ether oxygens (including phenoxy) is 2. The monoisotopic (exact) mass is 313 g/mol. The Balaban J connectivity index is 2.54. The first kappa shape index (κ1) is 18.9. The number of nitrogens with zero attached hydrogens (tertiary/aromatic N) is 1. The van der Waals surface area contributed by atoms with E-state index < -0.39 is 18.0 Å². The maximum atomic E-state index is 12.1. The smallest absolute Gasteiger partial charge is 0.335 e. The molecule has 0 atom stereocenters. The van der Waals surface area contributed by atoms with Crippen molar-refractivity contribution in [3.05, 3.63) is 0 Å². The largest absolute Gasteiger partial charge is 0.464 e. The van der Waals surface area contributed by atoms with Crippen LogP contribution in [-0.4, -0.2) is 49.2 Å². The molecule has 0 radical (unpaired) electrons. The zero-order valence-corrected chi connectivity index (χ0v) is 14.3. The van der Waals surface area contributed by atoms with Gasteiger partial charge < -0.3 is 9.47 Å². The summed E-state index contributed by atoms with van der Waals surface area (Å²) in [7, 11) is 0. The fraction of sp³-hybridized carbons (Fsp3) is 0.882. The van der Waals surface area contributed by atoms with Crippen LogP contribution < -0.4 is 0 Å². The summed E-state index contributed by atoms with van der Waals surface area (Å²) in [4.78, 5) is 26.1. The highest BCUT2D eigenvalue weighted by molar-refractivity contribution is 5.99. The molecule has 1 saturated heterocycles. The summed E-state index contributed by atoms with van der Waals surface area (Å²) < 4.78 is 10.1. The van der Waals surface area contributed by atoms with Gasteiger partial charge in [-0.05, 0) is 45.7 Å². The highest BCUT2D eigenvalue weighted by Crippen LogP contribution is 2.24. The maximum absolute atomic E-state index is 12.1. The van der Waals surface area contributed by atoms with Gasteiger partial charge in [0.15, 0.2) is 0 Å². The van der Waals surface area contributed by atoms with Crippen molar-refractivity contribution in [3.8, 4) is 0 Å². The van der Waals surface area contributed by atoms with E-state index in [0.29, 0.717) is 5.92 Å². The van der Waals surface area contributed by atoms with Crippen LogP contribution in [0.5, 0.6) is 0 Å². The molecule has 1 aliphatic heterocycles. The molecule has 1 fully saturated rings. The number of unbranched alkanes of at least 4 members (excludes halogenated alkanes) is 2. The summed E-state index contributed by atoms with van der Waals surface area (Å²) in [5, 5.41) is 0. The van der Waals surface area contributed by atoms with Gasteiger partial charge in [0.25, 0.3) is 0 Å². The molecule has 0 amide bonds. The number of hydrogen-bond acceptors (Lipinski definition) is 5. The van der Waals surface area contributed by atoms with E-state index in [-0.39, 0.29) is 13.2 Å². The second-order valence-electron chi connectivity index (χ2n) is 5.88. The number of rotatable bonds is 9. The molecule has 0 unspecified atom stereocenters. The Labute approximate surface area is 134 Å². The van der Waals surface area contributed by atoms with Gasteiger partial charge in [0.2, 0.25) is 6.04 Å². The molecule has 1 aliphatic rings. The molecule has 0 aromatic rings. The summed E-state index contributed by atoms with van der Waals surface area (Å²) in [5.41, 5.74) is 0. The van der Waals surface area contributed by atoms with E-state index in [2.05, 4.69) is 6.92 Å². The lowest BCUT2D eigenvalue weighted by molar-refractivity contribution is -0.164. The van der Waals surface area contributed by atoms with Crippen molar-refractivity contribution in [2.45, 2.75) is 65.3 Å². The van der Waals surface area contributed by atoms with Gasteiger partial charge in [-0.25, -0.2) is 9.59 Å². The lowest BCUT2D eigenvalue weighted by atomic mass is 9.90. The van der Waals surface area contributed by atoms with E-state index >= 15 is 0 Å². The molecule has 1 heterocycles. The quantitative estimate of drug-likeness (QED) is 0.372. The van der Waals surface area contributed by atoms with E-state index in [1.807, 2.05) is 4.90 Å². The van der Waals surface area contributed by atoms with Gasteiger partial charge in [-0.1, -0.05) is 32.6 Å². The topological polar surface area (TPSA) is 55.8 Å². The van der Waals surface area contributed by atoms with Gasteiger partial charge in [-0.2, -0.15) is 0 Å². The van der Waals surface area contributed by atoms with Gasteiger partial charge in [0.05, 0.1) is 13.2 Å². The maximum Gasteiger partial charge on any atom is 0.335 e. The Hall–Kier alpha value is -1.10. The molecule has 0 N–H and O–H groups in total. The average Bonchev–Trinajstić information content (AvgIpc) is 2.50. The van der Waals surface area contributed by atoms with E-state index in [9.17, 15) is 9.59 Å². The van der Waals surface area contributed by atoms with Crippen molar-refractivity contribution in [1.82, 2.24) is 4.90 Å². The zero-order valence-electron chi connectivity index (χ0n) is 14.3. The van der Waals surface area contributed by atoms with Gasteiger partial charge >= 0.3 is 11.9 Å². The number of carbonyl (C=O) groups is 2. The fourth-order valence-corrected chi connectivity index (χ4v) is 3.02. The number of esters is 2. The van der Waals surface area contributed by atoms with Gasteiger partial charge in [-0.3, -0.25) is 4.90 Å². The van der Waals surface area contributed by atoms with Crippen molar-refractivity contribution in [1.29, 1.82) is 0 Å². The van der Waals surface area contributed by atoms with Crippen molar-refractivity contribution in [2.75, 3.05) is 26.3 Å². The minimum absolute atomic E-state index is 0.280. The van der Waals surface area contributed by atoms with Gasteiger partial charge in [0, 0.05) is 0 Å². The third-order valence-corrected chi connectivity index (χ3v) is 4.25. The second-order valence-corrected chi connectivity index (χ2v) is 5.88. The summed E-state index contributed by atoms with van der Waals surface area (Å²) in [6.07, 6.45) is 7.14. The number of piperidine rings is 1. The first-order valence-corrected chi connectivity index (χ1v) is 8.71. The van der Waals surface area contributed by atoms with Crippen LogP contribution in [0.2, 0.25) is 0 Å². The van der Waals surface area contributed by atoms with E-state index in [1.165, 1.54) is 25.7 Å². The molecular formula is C17H31NO4. The summed E-state index contributed by atoms with van der Waals surface area (Å²) >= 11 is 0. The Kier molecular flexibility index (Phi) is 9.13. The minimum atomic E-state index is -0.892. The summed E-state index contributed by atoms with van der Waals surface area (Å²) in [6, 6.07) is -0.892. The highest BCUT2D eigenvalue weighted by Gasteiger charge is 2.37. The highest BCUT2D eigenvalue weighted by atomic mass is 16.6. The van der Waals surface area contributed by atoms with E-state index in [1.54, 1.807) is 13.8 Å². The van der Waals surface area contributed by atoms with Crippen molar-refractivity contribution in [3.63, 3.8) is 0 Å². The summed E-state index contributed by atoms with van der Waals surface area (Å²) in [6.45, 7) is 7.80. The van der Waals surface area contributed by atoms with Crippen molar-refractivity contribution < 1.29 is 19.1 Å². The Morgan fingerprint density at radius 2 is 1.55 bits per heavy atom. The molecule has 22 heavy (non-hydrogen) atoms. The molecule has 128 valence electrons. The molecule has 0 bridgehead atoms. The third kappa shape index (κ3) is 5.95. The molecule has 0 aromatic carbocycles. The molecule has 1 rings (SSSR count). The zero-order chi connectivity index (χ0) is 16.4. The molecule has 5 nitrogen and oxygen atoms in total. The van der Waals surface area contributed by atoms with E-state index in [0.717, 1.165) is 25.9 Å². The first-order valence-electron chi connectivity index (χ1n) is 8.71. The van der Waals surface area contributed by atoms with Gasteiger partial charge in [-0.15, -0.1) is 0 Å². The Bertz CT molecular complexity index is 320. The van der Waals surface area contributed by atoms with Crippen LogP contribution >= 0.6 is 0 Å².